The van der Waals surface area contributed by atoms with Crippen molar-refractivity contribution in [2.24, 2.45) is 0 Å². The van der Waals surface area contributed by atoms with E-state index in [4.69, 9.17) is 4.74 Å². The molecule has 0 saturated carbocycles. The quantitative estimate of drug-likeness (QED) is 0.587. The summed E-state index contributed by atoms with van der Waals surface area (Å²) in [4.78, 5) is 13.5. The molecule has 2 rings (SSSR count). The fraction of sp³-hybridized carbons (Fsp3) is 0.933. The second-order valence-electron chi connectivity index (χ2n) is 6.78. The van der Waals surface area contributed by atoms with Crippen LogP contribution in [0.5, 0.6) is 0 Å². The summed E-state index contributed by atoms with van der Waals surface area (Å²) in [5.41, 5.74) is 0. The van der Waals surface area contributed by atoms with Gasteiger partial charge in [0.15, 0.2) is 0 Å². The first-order chi connectivity index (χ1) is 12.5. The van der Waals surface area contributed by atoms with Gasteiger partial charge in [0.1, 0.15) is 6.61 Å². The maximum atomic E-state index is 12.8. The highest BCUT2D eigenvalue weighted by molar-refractivity contribution is 7.86. The Balaban J connectivity index is 1.79. The van der Waals surface area contributed by atoms with E-state index in [2.05, 4.69) is 4.74 Å². The number of carbonyl (C=O) groups is 1. The molecule has 2 unspecified atom stereocenters. The van der Waals surface area contributed by atoms with E-state index in [1.165, 1.54) is 13.5 Å². The number of amides is 1. The number of nitrogens with zero attached hydrogens (tertiary/aromatic N) is 3. The van der Waals surface area contributed by atoms with Gasteiger partial charge in [-0.1, -0.05) is 0 Å². The van der Waals surface area contributed by atoms with Gasteiger partial charge in [-0.15, -0.1) is 0 Å². The van der Waals surface area contributed by atoms with Crippen LogP contribution in [-0.2, 0) is 24.5 Å². The van der Waals surface area contributed by atoms with Gasteiger partial charge in [0, 0.05) is 39.3 Å². The van der Waals surface area contributed by atoms with E-state index in [0.29, 0.717) is 0 Å². The predicted molar refractivity (Wildman–Crippen MR) is 90.1 cm³/mol. The molecule has 0 N–H and O–H groups in total. The monoisotopic (exact) mass is 417 g/mol. The molecule has 2 heterocycles. The molecule has 8 nitrogen and oxygen atoms in total. The van der Waals surface area contributed by atoms with Crippen LogP contribution in [0.3, 0.4) is 0 Å². The van der Waals surface area contributed by atoms with Crippen LogP contribution in [0.1, 0.15) is 20.3 Å². The lowest BCUT2D eigenvalue weighted by Gasteiger charge is -2.40. The molecule has 2 aliphatic heterocycles. The van der Waals surface area contributed by atoms with Crippen molar-refractivity contribution < 1.29 is 35.9 Å². The summed E-state index contributed by atoms with van der Waals surface area (Å²) in [6, 6.07) is 0. The lowest BCUT2D eigenvalue weighted by atomic mass is 10.3. The lowest BCUT2D eigenvalue weighted by molar-refractivity contribution is -0.175. The Hall–Kier alpha value is -0.950. The van der Waals surface area contributed by atoms with Crippen LogP contribution in [0.2, 0.25) is 0 Å². The molecule has 0 aromatic heterocycles. The molecule has 2 atom stereocenters. The largest absolute Gasteiger partial charge is 0.411 e. The second kappa shape index (κ2) is 9.03. The van der Waals surface area contributed by atoms with Crippen molar-refractivity contribution in [1.82, 2.24) is 13.5 Å². The maximum absolute atomic E-state index is 12.8. The number of rotatable bonds is 6. The van der Waals surface area contributed by atoms with Crippen LogP contribution in [0.15, 0.2) is 0 Å². The van der Waals surface area contributed by atoms with Crippen LogP contribution in [0.25, 0.3) is 0 Å². The van der Waals surface area contributed by atoms with Crippen molar-refractivity contribution in [3.05, 3.63) is 0 Å². The van der Waals surface area contributed by atoms with Gasteiger partial charge in [0.05, 0.1) is 25.2 Å². The molecule has 1 amide bonds. The van der Waals surface area contributed by atoms with E-state index < -0.39 is 23.0 Å². The molecule has 0 bridgehead atoms. The fourth-order valence-electron chi connectivity index (χ4n) is 3.16. The molecule has 0 aromatic rings. The number of carbonyl (C=O) groups excluding carboxylic acids is 1. The maximum Gasteiger partial charge on any atom is 0.411 e. The van der Waals surface area contributed by atoms with Crippen molar-refractivity contribution in [3.8, 4) is 0 Å². The summed E-state index contributed by atoms with van der Waals surface area (Å²) in [6.45, 7) is 3.19. The van der Waals surface area contributed by atoms with Gasteiger partial charge in [-0.05, 0) is 13.8 Å². The smallest absolute Gasteiger partial charge is 0.373 e. The van der Waals surface area contributed by atoms with Crippen LogP contribution in [0, 0.1) is 0 Å². The molecule has 12 heteroatoms. The predicted octanol–water partition coefficient (Wildman–Crippen LogP) is 0.454. The first kappa shape index (κ1) is 22.3. The minimum Gasteiger partial charge on any atom is -0.373 e. The van der Waals surface area contributed by atoms with Gasteiger partial charge in [-0.2, -0.15) is 30.2 Å². The molecule has 0 radical (unpaired) electrons. The summed E-state index contributed by atoms with van der Waals surface area (Å²) in [5, 5.41) is 0. The standard InChI is InChI=1S/C15H26F3N3O5S/c1-12-9-21(10-13(2)26-12)27(23,24)20-6-4-19(5-7-20)14(22)3-8-25-11-15(16,17)18/h12-13H,3-11H2,1-2H3. The molecular weight excluding hydrogens is 391 g/mol. The first-order valence-corrected chi connectivity index (χ1v) is 10.2. The minimum absolute atomic E-state index is 0.150. The molecule has 0 aliphatic carbocycles. The first-order valence-electron chi connectivity index (χ1n) is 8.82. The van der Waals surface area contributed by atoms with Gasteiger partial charge >= 0.3 is 6.18 Å². The van der Waals surface area contributed by atoms with Crippen molar-refractivity contribution in [1.29, 1.82) is 0 Å². The van der Waals surface area contributed by atoms with Crippen molar-refractivity contribution in [2.45, 2.75) is 38.7 Å². The molecule has 2 fully saturated rings. The summed E-state index contributed by atoms with van der Waals surface area (Å²) in [5.74, 6) is -0.345. The van der Waals surface area contributed by atoms with Gasteiger partial charge in [-0.25, -0.2) is 0 Å². The normalized spacial score (nSPS) is 26.3. The van der Waals surface area contributed by atoms with Crippen molar-refractivity contribution >= 4 is 16.1 Å². The van der Waals surface area contributed by atoms with Crippen LogP contribution in [-0.4, -0.2) is 98.7 Å². The third-order valence-corrected chi connectivity index (χ3v) is 6.32. The van der Waals surface area contributed by atoms with E-state index in [9.17, 15) is 26.4 Å². The molecule has 2 saturated heterocycles. The number of hydrogen-bond acceptors (Lipinski definition) is 5. The highest BCUT2D eigenvalue weighted by Crippen LogP contribution is 2.19. The number of halogens is 3. The molecule has 2 aliphatic rings. The summed E-state index contributed by atoms with van der Waals surface area (Å²) < 4.78 is 74.3. The zero-order valence-corrected chi connectivity index (χ0v) is 16.3. The van der Waals surface area contributed by atoms with E-state index in [0.717, 1.165) is 0 Å². The van der Waals surface area contributed by atoms with Crippen molar-refractivity contribution in [2.75, 3.05) is 52.5 Å². The topological polar surface area (TPSA) is 79.4 Å². The fourth-order valence-corrected chi connectivity index (χ4v) is 4.90. The number of ether oxygens (including phenoxy) is 2. The average molecular weight is 417 g/mol. The van der Waals surface area contributed by atoms with Gasteiger partial charge < -0.3 is 14.4 Å². The third kappa shape index (κ3) is 6.56. The summed E-state index contributed by atoms with van der Waals surface area (Å²) in [6.07, 6.45) is -4.97. The summed E-state index contributed by atoms with van der Waals surface area (Å²) in [7, 11) is -3.64. The van der Waals surface area contributed by atoms with Gasteiger partial charge in [-0.3, -0.25) is 4.79 Å². The van der Waals surface area contributed by atoms with E-state index in [-0.39, 0.29) is 70.4 Å². The Kier molecular flexibility index (Phi) is 7.47. The Labute approximate surface area is 157 Å². The van der Waals surface area contributed by atoms with E-state index in [1.807, 2.05) is 13.8 Å². The Morgan fingerprint density at radius 2 is 1.63 bits per heavy atom. The zero-order chi connectivity index (χ0) is 20.2. The van der Waals surface area contributed by atoms with Crippen LogP contribution in [0.4, 0.5) is 13.2 Å². The minimum atomic E-state index is -4.42. The third-order valence-electron chi connectivity index (χ3n) is 4.36. The highest BCUT2D eigenvalue weighted by atomic mass is 32.2. The molecule has 0 aromatic carbocycles. The van der Waals surface area contributed by atoms with Crippen LogP contribution < -0.4 is 0 Å². The van der Waals surface area contributed by atoms with Crippen LogP contribution >= 0.6 is 0 Å². The van der Waals surface area contributed by atoms with Gasteiger partial charge in [0.2, 0.25) is 5.91 Å². The molecule has 158 valence electrons. The van der Waals surface area contributed by atoms with Gasteiger partial charge in [0.25, 0.3) is 10.2 Å². The Morgan fingerprint density at radius 1 is 1.07 bits per heavy atom. The molecular formula is C15H26F3N3O5S. The average Bonchev–Trinajstić information content (AvgIpc) is 2.57. The number of hydrogen-bond donors (Lipinski definition) is 0. The Morgan fingerprint density at radius 3 is 2.15 bits per heavy atom. The number of piperazine rings is 1. The van der Waals surface area contributed by atoms with E-state index in [1.54, 1.807) is 0 Å². The lowest BCUT2D eigenvalue weighted by Crippen LogP contribution is -2.57. The molecule has 27 heavy (non-hydrogen) atoms. The SMILES string of the molecule is CC1CN(S(=O)(=O)N2CCN(C(=O)CCOCC(F)(F)F)CC2)CC(C)O1. The second-order valence-corrected chi connectivity index (χ2v) is 8.71. The van der Waals surface area contributed by atoms with E-state index >= 15 is 0 Å². The Bertz CT molecular complexity index is 598. The van der Waals surface area contributed by atoms with Crippen molar-refractivity contribution in [3.63, 3.8) is 0 Å². The number of morpholine rings is 1. The molecule has 0 spiro atoms. The zero-order valence-electron chi connectivity index (χ0n) is 15.4. The highest BCUT2D eigenvalue weighted by Gasteiger charge is 2.37. The number of alkyl halides is 3. The summed E-state index contributed by atoms with van der Waals surface area (Å²) >= 11 is 0.